The van der Waals surface area contributed by atoms with Gasteiger partial charge in [0.25, 0.3) is 0 Å². The fourth-order valence-corrected chi connectivity index (χ4v) is 3.97. The predicted molar refractivity (Wildman–Crippen MR) is 78.4 cm³/mol. The van der Waals surface area contributed by atoms with Crippen LogP contribution in [0.4, 0.5) is 5.69 Å². The Balaban J connectivity index is 1.61. The van der Waals surface area contributed by atoms with Crippen LogP contribution in [-0.2, 0) is 4.79 Å². The molecule has 0 aliphatic heterocycles. The van der Waals surface area contributed by atoms with Crippen LogP contribution in [0.15, 0.2) is 18.2 Å². The minimum Gasteiger partial charge on any atom is -0.326 e. The number of nitrogens with one attached hydrogen (secondary N) is 1. The zero-order valence-corrected chi connectivity index (χ0v) is 12.0. The second-order valence-electron chi connectivity index (χ2n) is 6.15. The van der Waals surface area contributed by atoms with E-state index in [-0.39, 0.29) is 5.91 Å². The molecule has 0 saturated heterocycles. The average Bonchev–Trinajstić information content (AvgIpc) is 2.96. The highest BCUT2D eigenvalue weighted by Gasteiger charge is 2.40. The van der Waals surface area contributed by atoms with E-state index in [2.05, 4.69) is 5.32 Å². The van der Waals surface area contributed by atoms with Crippen molar-refractivity contribution in [3.8, 4) is 0 Å². The van der Waals surface area contributed by atoms with Crippen molar-refractivity contribution in [3.63, 3.8) is 0 Å². The smallest absolute Gasteiger partial charge is 0.224 e. The van der Waals surface area contributed by atoms with E-state index in [1.165, 1.54) is 25.7 Å². The molecule has 2 nitrogen and oxygen atoms in total. The summed E-state index contributed by atoms with van der Waals surface area (Å²) in [4.78, 5) is 12.2. The van der Waals surface area contributed by atoms with Gasteiger partial charge in [0, 0.05) is 17.1 Å². The van der Waals surface area contributed by atoms with Gasteiger partial charge in [-0.2, -0.15) is 0 Å². The third-order valence-electron chi connectivity index (χ3n) is 4.81. The molecule has 0 unspecified atom stereocenters. The zero-order chi connectivity index (χ0) is 13.4. The second kappa shape index (κ2) is 5.16. The Morgan fingerprint density at radius 2 is 2.21 bits per heavy atom. The topological polar surface area (TPSA) is 29.1 Å². The molecule has 102 valence electrons. The molecule has 1 aromatic carbocycles. The molecule has 3 rings (SSSR count). The van der Waals surface area contributed by atoms with Crippen molar-refractivity contribution in [1.29, 1.82) is 0 Å². The van der Waals surface area contributed by atoms with Gasteiger partial charge in [-0.1, -0.05) is 24.1 Å². The summed E-state index contributed by atoms with van der Waals surface area (Å²) < 4.78 is 0. The van der Waals surface area contributed by atoms with E-state index < -0.39 is 0 Å². The van der Waals surface area contributed by atoms with Gasteiger partial charge in [-0.3, -0.25) is 4.79 Å². The number of halogens is 1. The van der Waals surface area contributed by atoms with Gasteiger partial charge >= 0.3 is 0 Å². The van der Waals surface area contributed by atoms with Gasteiger partial charge in [0.1, 0.15) is 0 Å². The molecule has 2 aliphatic carbocycles. The third-order valence-corrected chi connectivity index (χ3v) is 5.04. The van der Waals surface area contributed by atoms with Gasteiger partial charge < -0.3 is 5.32 Å². The van der Waals surface area contributed by atoms with Crippen LogP contribution in [0.5, 0.6) is 0 Å². The van der Waals surface area contributed by atoms with E-state index in [1.54, 1.807) is 0 Å². The summed E-state index contributed by atoms with van der Waals surface area (Å²) in [6.45, 7) is 1.99. The van der Waals surface area contributed by atoms with Crippen molar-refractivity contribution in [3.05, 3.63) is 28.8 Å². The number of amides is 1. The first-order valence-electron chi connectivity index (χ1n) is 7.18. The van der Waals surface area contributed by atoms with E-state index in [9.17, 15) is 4.79 Å². The summed E-state index contributed by atoms with van der Waals surface area (Å²) >= 11 is 5.97. The highest BCUT2D eigenvalue weighted by molar-refractivity contribution is 6.31. The SMILES string of the molecule is Cc1ccc(Cl)cc1NC(=O)C[C@H]1C[C@H]2CC[C@H]1C2. The fraction of sp³-hybridized carbons (Fsp3) is 0.562. The number of rotatable bonds is 3. The Labute approximate surface area is 119 Å². The molecule has 0 aromatic heterocycles. The molecular weight excluding hydrogens is 258 g/mol. The van der Waals surface area contributed by atoms with E-state index in [1.807, 2.05) is 25.1 Å². The van der Waals surface area contributed by atoms with Crippen molar-refractivity contribution in [2.45, 2.75) is 39.0 Å². The molecule has 3 atom stereocenters. The molecule has 19 heavy (non-hydrogen) atoms. The Hall–Kier alpha value is -1.02. The van der Waals surface area contributed by atoms with E-state index in [0.29, 0.717) is 17.4 Å². The van der Waals surface area contributed by atoms with Crippen LogP contribution >= 0.6 is 11.6 Å². The summed E-state index contributed by atoms with van der Waals surface area (Å²) in [6, 6.07) is 5.62. The molecule has 1 N–H and O–H groups in total. The maximum atomic E-state index is 12.2. The van der Waals surface area contributed by atoms with Crippen molar-refractivity contribution >= 4 is 23.2 Å². The van der Waals surface area contributed by atoms with Gasteiger partial charge in [-0.15, -0.1) is 0 Å². The van der Waals surface area contributed by atoms with Crippen molar-refractivity contribution < 1.29 is 4.79 Å². The van der Waals surface area contributed by atoms with Crippen molar-refractivity contribution in [1.82, 2.24) is 0 Å². The monoisotopic (exact) mass is 277 g/mol. The Morgan fingerprint density at radius 1 is 1.37 bits per heavy atom. The number of anilines is 1. The predicted octanol–water partition coefficient (Wildman–Crippen LogP) is 4.41. The standard InChI is InChI=1S/C16H20ClNO/c1-10-2-5-14(17)9-15(10)18-16(19)8-13-7-11-3-4-12(13)6-11/h2,5,9,11-13H,3-4,6-8H2,1H3,(H,18,19)/t11-,12-,13+/m0/s1. The minimum absolute atomic E-state index is 0.142. The van der Waals surface area contributed by atoms with Gasteiger partial charge in [0.05, 0.1) is 0 Å². The quantitative estimate of drug-likeness (QED) is 0.871. The molecule has 2 aliphatic rings. The molecule has 0 radical (unpaired) electrons. The molecule has 2 saturated carbocycles. The minimum atomic E-state index is 0.142. The second-order valence-corrected chi connectivity index (χ2v) is 6.58. The summed E-state index contributed by atoms with van der Waals surface area (Å²) in [5.74, 6) is 2.45. The van der Waals surface area contributed by atoms with Crippen LogP contribution in [-0.4, -0.2) is 5.91 Å². The number of carbonyl (C=O) groups is 1. The third kappa shape index (κ3) is 2.79. The summed E-state index contributed by atoms with van der Waals surface area (Å²) in [5.41, 5.74) is 1.91. The van der Waals surface area contributed by atoms with Crippen LogP contribution < -0.4 is 5.32 Å². The van der Waals surface area contributed by atoms with Crippen molar-refractivity contribution in [2.75, 3.05) is 5.32 Å². The van der Waals surface area contributed by atoms with Gasteiger partial charge in [0.15, 0.2) is 0 Å². The molecule has 0 heterocycles. The fourth-order valence-electron chi connectivity index (χ4n) is 3.79. The summed E-state index contributed by atoms with van der Waals surface area (Å²) in [7, 11) is 0. The van der Waals surface area contributed by atoms with Crippen LogP contribution in [0.1, 0.15) is 37.7 Å². The lowest BCUT2D eigenvalue weighted by molar-refractivity contribution is -0.117. The van der Waals surface area contributed by atoms with Gasteiger partial charge in [-0.25, -0.2) is 0 Å². The van der Waals surface area contributed by atoms with Gasteiger partial charge in [-0.05, 0) is 61.6 Å². The number of fused-ring (bicyclic) bond motifs is 2. The average molecular weight is 278 g/mol. The zero-order valence-electron chi connectivity index (χ0n) is 11.3. The van der Waals surface area contributed by atoms with Gasteiger partial charge in [0.2, 0.25) is 5.91 Å². The first kappa shape index (κ1) is 13.0. The molecule has 2 bridgehead atoms. The Kier molecular flexibility index (Phi) is 3.53. The lowest BCUT2D eigenvalue weighted by Gasteiger charge is -2.21. The molecule has 1 amide bonds. The first-order chi connectivity index (χ1) is 9.11. The Morgan fingerprint density at radius 3 is 2.89 bits per heavy atom. The summed E-state index contributed by atoms with van der Waals surface area (Å²) in [6.07, 6.45) is 6.00. The highest BCUT2D eigenvalue weighted by atomic mass is 35.5. The molecule has 1 aromatic rings. The summed E-state index contributed by atoms with van der Waals surface area (Å²) in [5, 5.41) is 3.68. The number of carbonyl (C=O) groups excluding carboxylic acids is 1. The van der Waals surface area contributed by atoms with Crippen LogP contribution in [0, 0.1) is 24.7 Å². The Bertz CT molecular complexity index is 500. The van der Waals surface area contributed by atoms with E-state index in [0.717, 1.165) is 23.1 Å². The molecule has 0 spiro atoms. The van der Waals surface area contributed by atoms with Crippen molar-refractivity contribution in [2.24, 2.45) is 17.8 Å². The number of aryl methyl sites for hydroxylation is 1. The lowest BCUT2D eigenvalue weighted by Crippen LogP contribution is -2.20. The maximum absolute atomic E-state index is 12.2. The normalized spacial score (nSPS) is 28.6. The number of hydrogen-bond acceptors (Lipinski definition) is 1. The molecule has 2 fully saturated rings. The molecule has 3 heteroatoms. The molecular formula is C16H20ClNO. The van der Waals surface area contributed by atoms with Crippen LogP contribution in [0.2, 0.25) is 5.02 Å². The first-order valence-corrected chi connectivity index (χ1v) is 7.55. The van der Waals surface area contributed by atoms with Crippen LogP contribution in [0.25, 0.3) is 0 Å². The van der Waals surface area contributed by atoms with E-state index >= 15 is 0 Å². The lowest BCUT2D eigenvalue weighted by atomic mass is 9.86. The van der Waals surface area contributed by atoms with E-state index in [4.69, 9.17) is 11.6 Å². The van der Waals surface area contributed by atoms with Crippen LogP contribution in [0.3, 0.4) is 0 Å². The highest BCUT2D eigenvalue weighted by Crippen LogP contribution is 2.49. The maximum Gasteiger partial charge on any atom is 0.224 e. The largest absolute Gasteiger partial charge is 0.326 e. The number of hydrogen-bond donors (Lipinski definition) is 1. The number of benzene rings is 1.